The molecule has 2 nitrogen and oxygen atoms in total. The van der Waals surface area contributed by atoms with Crippen molar-refractivity contribution in [3.05, 3.63) is 23.4 Å². The summed E-state index contributed by atoms with van der Waals surface area (Å²) >= 11 is 8.00. The molecule has 1 saturated heterocycles. The van der Waals surface area contributed by atoms with Crippen molar-refractivity contribution in [3.63, 3.8) is 0 Å². The normalized spacial score (nSPS) is 26.4. The van der Waals surface area contributed by atoms with E-state index in [-0.39, 0.29) is 0 Å². The zero-order valence-corrected chi connectivity index (χ0v) is 9.61. The maximum atomic E-state index is 6.01. The van der Waals surface area contributed by atoms with Gasteiger partial charge in [-0.3, -0.25) is 0 Å². The number of rotatable bonds is 2. The van der Waals surface area contributed by atoms with E-state index in [9.17, 15) is 0 Å². The van der Waals surface area contributed by atoms with Crippen LogP contribution in [0.4, 0.5) is 5.82 Å². The first-order valence-electron chi connectivity index (χ1n) is 4.74. The molecule has 4 heteroatoms. The van der Waals surface area contributed by atoms with E-state index in [1.165, 1.54) is 6.42 Å². The molecule has 1 fully saturated rings. The molecule has 1 N–H and O–H groups in total. The van der Waals surface area contributed by atoms with Gasteiger partial charge < -0.3 is 5.32 Å². The Morgan fingerprint density at radius 1 is 1.64 bits per heavy atom. The minimum Gasteiger partial charge on any atom is -0.365 e. The zero-order chi connectivity index (χ0) is 9.97. The number of halogens is 1. The summed E-state index contributed by atoms with van der Waals surface area (Å²) in [7, 11) is 0. The Balaban J connectivity index is 2.01. The first kappa shape index (κ1) is 10.1. The van der Waals surface area contributed by atoms with E-state index in [0.29, 0.717) is 11.1 Å². The summed E-state index contributed by atoms with van der Waals surface area (Å²) in [6, 6.07) is 4.23. The van der Waals surface area contributed by atoms with Crippen LogP contribution in [0.5, 0.6) is 0 Å². The van der Waals surface area contributed by atoms with Gasteiger partial charge in [-0.15, -0.1) is 0 Å². The number of aromatic nitrogens is 1. The lowest BCUT2D eigenvalue weighted by atomic mass is 10.2. The molecule has 2 heterocycles. The largest absolute Gasteiger partial charge is 0.365 e. The molecule has 1 aliphatic rings. The lowest BCUT2D eigenvalue weighted by Gasteiger charge is -2.12. The lowest BCUT2D eigenvalue weighted by molar-refractivity contribution is 0.743. The van der Waals surface area contributed by atoms with Crippen LogP contribution in [0.25, 0.3) is 0 Å². The number of hydrogen-bond donors (Lipinski definition) is 1. The van der Waals surface area contributed by atoms with E-state index in [4.69, 9.17) is 11.6 Å². The first-order chi connectivity index (χ1) is 6.75. The molecule has 1 aromatic heterocycles. The summed E-state index contributed by atoms with van der Waals surface area (Å²) in [6.45, 7) is 2.26. The molecular formula is C10H13ClN2S. The molecular weight excluding hydrogens is 216 g/mol. The maximum absolute atomic E-state index is 6.01. The van der Waals surface area contributed by atoms with Crippen molar-refractivity contribution < 1.29 is 0 Å². The molecule has 14 heavy (non-hydrogen) atoms. The highest BCUT2D eigenvalue weighted by Gasteiger charge is 2.22. The van der Waals surface area contributed by atoms with Crippen molar-refractivity contribution in [2.45, 2.75) is 24.6 Å². The van der Waals surface area contributed by atoms with Gasteiger partial charge in [-0.25, -0.2) is 4.98 Å². The summed E-state index contributed by atoms with van der Waals surface area (Å²) in [4.78, 5) is 4.21. The number of thioether (sulfide) groups is 1. The van der Waals surface area contributed by atoms with Gasteiger partial charge in [-0.2, -0.15) is 11.8 Å². The molecule has 2 rings (SSSR count). The number of hydrogen-bond acceptors (Lipinski definition) is 3. The third-order valence-electron chi connectivity index (χ3n) is 2.30. The predicted molar refractivity (Wildman–Crippen MR) is 63.2 cm³/mol. The molecule has 0 aromatic carbocycles. The molecule has 76 valence electrons. The van der Waals surface area contributed by atoms with Crippen LogP contribution in [0, 0.1) is 0 Å². The SMILES string of the molecule is CC1CC(Nc2ncccc2Cl)CS1. The van der Waals surface area contributed by atoms with Gasteiger partial charge in [0.05, 0.1) is 5.02 Å². The van der Waals surface area contributed by atoms with Crippen LogP contribution in [0.1, 0.15) is 13.3 Å². The topological polar surface area (TPSA) is 24.9 Å². The Morgan fingerprint density at radius 3 is 3.14 bits per heavy atom. The zero-order valence-electron chi connectivity index (χ0n) is 8.03. The highest BCUT2D eigenvalue weighted by atomic mass is 35.5. The molecule has 0 spiro atoms. The molecule has 1 aliphatic heterocycles. The molecule has 2 atom stereocenters. The van der Waals surface area contributed by atoms with Crippen LogP contribution in [-0.4, -0.2) is 22.0 Å². The fraction of sp³-hybridized carbons (Fsp3) is 0.500. The van der Waals surface area contributed by atoms with Crippen LogP contribution < -0.4 is 5.32 Å². The van der Waals surface area contributed by atoms with Crippen molar-refractivity contribution >= 4 is 29.2 Å². The lowest BCUT2D eigenvalue weighted by Crippen LogP contribution is -2.19. The van der Waals surface area contributed by atoms with Gasteiger partial charge in [0.15, 0.2) is 0 Å². The monoisotopic (exact) mass is 228 g/mol. The molecule has 0 amide bonds. The number of pyridine rings is 1. The third-order valence-corrected chi connectivity index (χ3v) is 3.96. The van der Waals surface area contributed by atoms with Crippen LogP contribution in [0.15, 0.2) is 18.3 Å². The van der Waals surface area contributed by atoms with E-state index in [2.05, 4.69) is 17.2 Å². The molecule has 1 aromatic rings. The predicted octanol–water partition coefficient (Wildman–Crippen LogP) is 3.04. The van der Waals surface area contributed by atoms with Crippen molar-refractivity contribution in [2.24, 2.45) is 0 Å². The van der Waals surface area contributed by atoms with E-state index >= 15 is 0 Å². The van der Waals surface area contributed by atoms with Gasteiger partial charge in [-0.1, -0.05) is 18.5 Å². The van der Waals surface area contributed by atoms with Crippen LogP contribution in [0.3, 0.4) is 0 Å². The second-order valence-electron chi connectivity index (χ2n) is 3.55. The quantitative estimate of drug-likeness (QED) is 0.843. The highest BCUT2D eigenvalue weighted by Crippen LogP contribution is 2.29. The first-order valence-corrected chi connectivity index (χ1v) is 6.17. The summed E-state index contributed by atoms with van der Waals surface area (Å²) in [5.41, 5.74) is 0. The van der Waals surface area contributed by atoms with Gasteiger partial charge >= 0.3 is 0 Å². The maximum Gasteiger partial charge on any atom is 0.144 e. The third kappa shape index (κ3) is 2.34. The fourth-order valence-electron chi connectivity index (χ4n) is 1.60. The van der Waals surface area contributed by atoms with E-state index in [1.54, 1.807) is 6.20 Å². The van der Waals surface area contributed by atoms with Gasteiger partial charge in [0.25, 0.3) is 0 Å². The smallest absolute Gasteiger partial charge is 0.144 e. The summed E-state index contributed by atoms with van der Waals surface area (Å²) in [5, 5.41) is 4.83. The average molecular weight is 229 g/mol. The van der Waals surface area contributed by atoms with Crippen molar-refractivity contribution in [1.29, 1.82) is 0 Å². The molecule has 0 aliphatic carbocycles. The van der Waals surface area contributed by atoms with Crippen molar-refractivity contribution in [1.82, 2.24) is 4.98 Å². The summed E-state index contributed by atoms with van der Waals surface area (Å²) < 4.78 is 0. The molecule has 2 unspecified atom stereocenters. The average Bonchev–Trinajstić information content (AvgIpc) is 2.56. The number of nitrogens with one attached hydrogen (secondary N) is 1. The van der Waals surface area contributed by atoms with Gasteiger partial charge in [0.1, 0.15) is 5.82 Å². The van der Waals surface area contributed by atoms with Crippen molar-refractivity contribution in [3.8, 4) is 0 Å². The van der Waals surface area contributed by atoms with Crippen molar-refractivity contribution in [2.75, 3.05) is 11.1 Å². The number of nitrogens with zero attached hydrogens (tertiary/aromatic N) is 1. The Morgan fingerprint density at radius 2 is 2.50 bits per heavy atom. The highest BCUT2D eigenvalue weighted by molar-refractivity contribution is 8.00. The minimum absolute atomic E-state index is 0.516. The minimum atomic E-state index is 0.516. The Bertz CT molecular complexity index is 319. The molecule has 0 bridgehead atoms. The van der Waals surface area contributed by atoms with Crippen LogP contribution >= 0.6 is 23.4 Å². The molecule has 0 saturated carbocycles. The second kappa shape index (κ2) is 4.41. The van der Waals surface area contributed by atoms with Crippen LogP contribution in [0.2, 0.25) is 5.02 Å². The standard InChI is InChI=1S/C10H13ClN2S/c1-7-5-8(6-14-7)13-10-9(11)3-2-4-12-10/h2-4,7-8H,5-6H2,1H3,(H,12,13). The Hall–Kier alpha value is -0.410. The second-order valence-corrected chi connectivity index (χ2v) is 5.43. The van der Waals surface area contributed by atoms with Gasteiger partial charge in [0.2, 0.25) is 0 Å². The Labute approximate surface area is 93.4 Å². The van der Waals surface area contributed by atoms with Gasteiger partial charge in [0, 0.05) is 23.2 Å². The van der Waals surface area contributed by atoms with E-state index in [0.717, 1.165) is 16.8 Å². The number of anilines is 1. The van der Waals surface area contributed by atoms with E-state index < -0.39 is 0 Å². The fourth-order valence-corrected chi connectivity index (χ4v) is 2.93. The van der Waals surface area contributed by atoms with E-state index in [1.807, 2.05) is 23.9 Å². The van der Waals surface area contributed by atoms with Gasteiger partial charge in [-0.05, 0) is 18.6 Å². The summed E-state index contributed by atoms with van der Waals surface area (Å²) in [6.07, 6.45) is 2.96. The molecule has 0 radical (unpaired) electrons. The summed E-state index contributed by atoms with van der Waals surface area (Å²) in [5.74, 6) is 1.96. The van der Waals surface area contributed by atoms with Crippen LogP contribution in [-0.2, 0) is 0 Å². The Kier molecular flexibility index (Phi) is 3.19.